The first-order valence-electron chi connectivity index (χ1n) is 15.1. The predicted molar refractivity (Wildman–Crippen MR) is 176 cm³/mol. The monoisotopic (exact) mass is 704 g/mol. The van der Waals surface area contributed by atoms with Gasteiger partial charge in [-0.2, -0.15) is 0 Å². The van der Waals surface area contributed by atoms with Crippen LogP contribution in [0.2, 0.25) is 0 Å². The molecule has 0 aliphatic carbocycles. The minimum Gasteiger partial charge on any atom is -0.481 e. The molecule has 4 aromatic rings. The van der Waals surface area contributed by atoms with Gasteiger partial charge in [0.25, 0.3) is 0 Å². The van der Waals surface area contributed by atoms with E-state index in [1.807, 2.05) is 0 Å². The molecule has 0 saturated heterocycles. The Hall–Kier alpha value is -3.95. The molecule has 10 nitrogen and oxygen atoms in total. The standard InChI is InChI=1S/C34H38F2N2O8S2/c1-21(2)32-34(48(45,46)37-20-22-4-14-29(15-5-22)47(3,43)44)31(23-6-10-25(35)11-7-23)33(24-8-12-26(36)13-9-24)38(32)17-16-27(39)18-28(40)19-30(41)42/h4-15,21,27-28,37,39-40H,16-20H2,1-3H3,(H,41,42)/t27-,28-/m1/s1. The van der Waals surface area contributed by atoms with E-state index in [2.05, 4.69) is 4.72 Å². The number of carboxylic acids is 1. The Balaban J connectivity index is 1.90. The third-order valence-electron chi connectivity index (χ3n) is 7.78. The summed E-state index contributed by atoms with van der Waals surface area (Å²) in [7, 11) is -7.84. The molecule has 0 unspecified atom stereocenters. The number of sulfonamides is 1. The highest BCUT2D eigenvalue weighted by Crippen LogP contribution is 2.44. The number of sulfone groups is 1. The summed E-state index contributed by atoms with van der Waals surface area (Å²) in [4.78, 5) is 11.0. The highest BCUT2D eigenvalue weighted by Gasteiger charge is 2.34. The van der Waals surface area contributed by atoms with Crippen molar-refractivity contribution in [2.24, 2.45) is 0 Å². The maximum absolute atomic E-state index is 14.4. The Morgan fingerprint density at radius 3 is 1.88 bits per heavy atom. The molecule has 3 aromatic carbocycles. The zero-order chi connectivity index (χ0) is 35.4. The minimum atomic E-state index is -4.38. The summed E-state index contributed by atoms with van der Waals surface area (Å²) in [6, 6.07) is 16.4. The van der Waals surface area contributed by atoms with Gasteiger partial charge in [-0.15, -0.1) is 0 Å². The fourth-order valence-corrected chi connectivity index (χ4v) is 7.82. The molecule has 0 radical (unpaired) electrons. The third kappa shape index (κ3) is 8.94. The van der Waals surface area contributed by atoms with Crippen LogP contribution in [0.3, 0.4) is 0 Å². The molecule has 258 valence electrons. The van der Waals surface area contributed by atoms with E-state index in [1.54, 1.807) is 18.4 Å². The van der Waals surface area contributed by atoms with Crippen LogP contribution in [0.25, 0.3) is 22.4 Å². The maximum Gasteiger partial charge on any atom is 0.305 e. The molecular weight excluding hydrogens is 667 g/mol. The van der Waals surface area contributed by atoms with Crippen molar-refractivity contribution in [3.63, 3.8) is 0 Å². The van der Waals surface area contributed by atoms with Crippen molar-refractivity contribution in [3.8, 4) is 22.4 Å². The molecule has 48 heavy (non-hydrogen) atoms. The fraction of sp³-hybridized carbons (Fsp3) is 0.324. The molecule has 2 atom stereocenters. The van der Waals surface area contributed by atoms with Crippen molar-refractivity contribution in [2.45, 2.75) is 74.1 Å². The molecule has 0 bridgehead atoms. The summed E-state index contributed by atoms with van der Waals surface area (Å²) < 4.78 is 85.1. The zero-order valence-corrected chi connectivity index (χ0v) is 28.2. The van der Waals surface area contributed by atoms with Crippen LogP contribution in [0.5, 0.6) is 0 Å². The average Bonchev–Trinajstić information content (AvgIpc) is 3.35. The molecule has 4 N–H and O–H groups in total. The fourth-order valence-electron chi connectivity index (χ4n) is 5.58. The van der Waals surface area contributed by atoms with Crippen LogP contribution in [0.1, 0.15) is 50.3 Å². The van der Waals surface area contributed by atoms with Gasteiger partial charge in [-0.05, 0) is 84.0 Å². The van der Waals surface area contributed by atoms with Gasteiger partial charge < -0.3 is 19.9 Å². The second kappa shape index (κ2) is 15.1. The van der Waals surface area contributed by atoms with Crippen molar-refractivity contribution in [1.82, 2.24) is 9.29 Å². The summed E-state index contributed by atoms with van der Waals surface area (Å²) in [6.07, 6.45) is -2.17. The van der Waals surface area contributed by atoms with E-state index in [9.17, 15) is 40.6 Å². The van der Waals surface area contributed by atoms with Gasteiger partial charge in [-0.1, -0.05) is 38.1 Å². The lowest BCUT2D eigenvalue weighted by Crippen LogP contribution is -2.25. The number of aliphatic hydroxyl groups is 2. The molecule has 1 aromatic heterocycles. The molecule has 4 rings (SSSR count). The quantitative estimate of drug-likeness (QED) is 0.133. The number of halogens is 2. The summed E-state index contributed by atoms with van der Waals surface area (Å²) in [5, 5.41) is 29.8. The number of aliphatic carboxylic acids is 1. The first-order chi connectivity index (χ1) is 22.5. The van der Waals surface area contributed by atoms with Crippen molar-refractivity contribution >= 4 is 25.8 Å². The topological polar surface area (TPSA) is 163 Å². The molecular formula is C34H38F2N2O8S2. The van der Waals surface area contributed by atoms with Gasteiger partial charge in [-0.3, -0.25) is 4.79 Å². The Morgan fingerprint density at radius 1 is 0.833 bits per heavy atom. The number of carboxylic acid groups (broad SMARTS) is 1. The maximum atomic E-state index is 14.4. The summed E-state index contributed by atoms with van der Waals surface area (Å²) in [5.41, 5.74) is 2.20. The average molecular weight is 705 g/mol. The summed E-state index contributed by atoms with van der Waals surface area (Å²) in [5.74, 6) is -2.73. The Bertz CT molecular complexity index is 1960. The predicted octanol–water partition coefficient (Wildman–Crippen LogP) is 5.08. The van der Waals surface area contributed by atoms with Crippen molar-refractivity contribution < 1.29 is 45.7 Å². The minimum absolute atomic E-state index is 0.00172. The van der Waals surface area contributed by atoms with Crippen LogP contribution < -0.4 is 4.72 Å². The number of benzene rings is 3. The SMILES string of the molecule is CC(C)c1c(S(=O)(=O)NCc2ccc(S(C)(=O)=O)cc2)c(-c2ccc(F)cc2)c(-c2ccc(F)cc2)n1CC[C@@H](O)C[C@@H](O)CC(=O)O. The first kappa shape index (κ1) is 36.9. The second-order valence-electron chi connectivity index (χ2n) is 11.9. The molecule has 1 heterocycles. The first-order valence-corrected chi connectivity index (χ1v) is 18.5. The number of rotatable bonds is 15. The van der Waals surface area contributed by atoms with Crippen molar-refractivity contribution in [1.29, 1.82) is 0 Å². The Morgan fingerprint density at radius 2 is 1.38 bits per heavy atom. The lowest BCUT2D eigenvalue weighted by Gasteiger charge is -2.20. The normalized spacial score (nSPS) is 13.5. The van der Waals surface area contributed by atoms with E-state index in [-0.39, 0.29) is 41.3 Å². The Labute approximate surface area is 278 Å². The van der Waals surface area contributed by atoms with E-state index >= 15 is 0 Å². The van der Waals surface area contributed by atoms with E-state index < -0.39 is 62.0 Å². The molecule has 0 spiro atoms. The number of aromatic nitrogens is 1. The number of nitrogens with one attached hydrogen (secondary N) is 1. The second-order valence-corrected chi connectivity index (χ2v) is 15.6. The van der Waals surface area contributed by atoms with Crippen LogP contribution in [-0.2, 0) is 37.7 Å². The van der Waals surface area contributed by atoms with Gasteiger partial charge in [0.15, 0.2) is 9.84 Å². The number of hydrogen-bond donors (Lipinski definition) is 4. The van der Waals surface area contributed by atoms with Gasteiger partial charge >= 0.3 is 5.97 Å². The molecule has 14 heteroatoms. The van der Waals surface area contributed by atoms with E-state index in [0.717, 1.165) is 6.26 Å². The summed E-state index contributed by atoms with van der Waals surface area (Å²) in [6.45, 7) is 3.40. The van der Waals surface area contributed by atoms with E-state index in [0.29, 0.717) is 28.1 Å². The van der Waals surface area contributed by atoms with Gasteiger partial charge in [0.05, 0.1) is 29.2 Å². The smallest absolute Gasteiger partial charge is 0.305 e. The number of nitrogens with zero attached hydrogens (tertiary/aromatic N) is 1. The lowest BCUT2D eigenvalue weighted by atomic mass is 10.00. The van der Waals surface area contributed by atoms with Crippen LogP contribution in [0, 0.1) is 11.6 Å². The molecule has 0 amide bonds. The van der Waals surface area contributed by atoms with Crippen molar-refractivity contribution in [2.75, 3.05) is 6.26 Å². The van der Waals surface area contributed by atoms with Crippen LogP contribution in [0.4, 0.5) is 8.78 Å². The molecule has 0 fully saturated rings. The lowest BCUT2D eigenvalue weighted by molar-refractivity contribution is -0.139. The van der Waals surface area contributed by atoms with E-state index in [1.165, 1.54) is 72.8 Å². The van der Waals surface area contributed by atoms with Crippen molar-refractivity contribution in [3.05, 3.63) is 95.7 Å². The number of aliphatic hydroxyl groups excluding tert-OH is 2. The zero-order valence-electron chi connectivity index (χ0n) is 26.6. The molecule has 0 aliphatic rings. The Kier molecular flexibility index (Phi) is 11.6. The van der Waals surface area contributed by atoms with Crippen LogP contribution >= 0.6 is 0 Å². The van der Waals surface area contributed by atoms with Gasteiger partial charge in [-0.25, -0.2) is 30.3 Å². The van der Waals surface area contributed by atoms with Gasteiger partial charge in [0.2, 0.25) is 10.0 Å². The van der Waals surface area contributed by atoms with Gasteiger partial charge in [0.1, 0.15) is 16.5 Å². The number of hydrogen-bond acceptors (Lipinski definition) is 7. The molecule has 0 aliphatic heterocycles. The highest BCUT2D eigenvalue weighted by molar-refractivity contribution is 7.90. The van der Waals surface area contributed by atoms with Gasteiger partial charge in [0, 0.05) is 30.6 Å². The number of carbonyl (C=O) groups is 1. The van der Waals surface area contributed by atoms with Crippen LogP contribution in [0.15, 0.2) is 82.6 Å². The van der Waals surface area contributed by atoms with E-state index in [4.69, 9.17) is 5.11 Å². The molecule has 0 saturated carbocycles. The third-order valence-corrected chi connectivity index (χ3v) is 10.4. The summed E-state index contributed by atoms with van der Waals surface area (Å²) >= 11 is 0. The largest absolute Gasteiger partial charge is 0.481 e. The highest BCUT2D eigenvalue weighted by atomic mass is 32.2. The van der Waals surface area contributed by atoms with Crippen LogP contribution in [-0.4, -0.2) is 61.2 Å².